The molecule has 0 bridgehead atoms. The summed E-state index contributed by atoms with van der Waals surface area (Å²) in [7, 11) is 0. The van der Waals surface area contributed by atoms with Crippen LogP contribution in [0.4, 0.5) is 10.3 Å². The van der Waals surface area contributed by atoms with Crippen molar-refractivity contribution in [2.24, 2.45) is 4.99 Å². The van der Waals surface area contributed by atoms with E-state index in [2.05, 4.69) is 35.4 Å². The normalized spacial score (nSPS) is 15.3. The fraction of sp³-hybridized carbons (Fsp3) is 0.500. The number of hydrogen-bond donors (Lipinski definition) is 2. The van der Waals surface area contributed by atoms with E-state index in [0.29, 0.717) is 13.0 Å². The molecular weight excluding hydrogens is 381 g/mol. The first kappa shape index (κ1) is 22.0. The second-order valence-corrected chi connectivity index (χ2v) is 7.26. The zero-order chi connectivity index (χ0) is 21.0. The quantitative estimate of drug-likeness (QED) is 0.372. The number of benzene rings is 1. The van der Waals surface area contributed by atoms with Gasteiger partial charge in [-0.1, -0.05) is 18.2 Å². The molecule has 1 fully saturated rings. The fourth-order valence-electron chi connectivity index (χ4n) is 3.47. The summed E-state index contributed by atoms with van der Waals surface area (Å²) in [6, 6.07) is 8.75. The number of aromatic nitrogens is 2. The van der Waals surface area contributed by atoms with Crippen LogP contribution in [-0.4, -0.2) is 73.2 Å². The first-order valence-electron chi connectivity index (χ1n) is 10.8. The van der Waals surface area contributed by atoms with Gasteiger partial charge in [0.15, 0.2) is 5.96 Å². The largest absolute Gasteiger partial charge is 0.357 e. The lowest BCUT2D eigenvalue weighted by Gasteiger charge is -2.34. The van der Waals surface area contributed by atoms with E-state index in [1.165, 1.54) is 6.07 Å². The second kappa shape index (κ2) is 12.1. The maximum atomic E-state index is 13.7. The molecule has 0 aliphatic carbocycles. The van der Waals surface area contributed by atoms with Gasteiger partial charge < -0.3 is 15.5 Å². The van der Waals surface area contributed by atoms with Crippen LogP contribution in [0, 0.1) is 5.82 Å². The van der Waals surface area contributed by atoms with Gasteiger partial charge >= 0.3 is 0 Å². The molecule has 1 aliphatic heterocycles. The van der Waals surface area contributed by atoms with Gasteiger partial charge in [0.1, 0.15) is 5.82 Å². The van der Waals surface area contributed by atoms with Crippen molar-refractivity contribution >= 4 is 11.9 Å². The Morgan fingerprint density at radius 1 is 1.07 bits per heavy atom. The molecule has 0 amide bonds. The van der Waals surface area contributed by atoms with Gasteiger partial charge in [0.2, 0.25) is 5.95 Å². The highest BCUT2D eigenvalue weighted by molar-refractivity contribution is 5.79. The number of nitrogens with zero attached hydrogens (tertiary/aromatic N) is 5. The average Bonchev–Trinajstić information content (AvgIpc) is 2.79. The molecule has 0 unspecified atom stereocenters. The van der Waals surface area contributed by atoms with Crippen LogP contribution < -0.4 is 15.5 Å². The number of nitrogens with one attached hydrogen (secondary N) is 2. The highest BCUT2D eigenvalue weighted by Gasteiger charge is 2.18. The second-order valence-electron chi connectivity index (χ2n) is 7.26. The Balaban J connectivity index is 1.35. The van der Waals surface area contributed by atoms with E-state index >= 15 is 0 Å². The molecule has 30 heavy (non-hydrogen) atoms. The van der Waals surface area contributed by atoms with Crippen molar-refractivity contribution in [2.75, 3.05) is 57.3 Å². The molecule has 0 spiro atoms. The molecule has 2 N–H and O–H groups in total. The van der Waals surface area contributed by atoms with E-state index in [9.17, 15) is 4.39 Å². The Morgan fingerprint density at radius 3 is 2.57 bits per heavy atom. The predicted molar refractivity (Wildman–Crippen MR) is 119 cm³/mol. The van der Waals surface area contributed by atoms with E-state index in [1.54, 1.807) is 18.5 Å². The van der Waals surface area contributed by atoms with Crippen molar-refractivity contribution in [3.8, 4) is 0 Å². The summed E-state index contributed by atoms with van der Waals surface area (Å²) in [6.07, 6.45) is 5.22. The Hall–Kier alpha value is -2.74. The summed E-state index contributed by atoms with van der Waals surface area (Å²) in [5.41, 5.74) is 0.723. The number of hydrogen-bond acceptors (Lipinski definition) is 5. The van der Waals surface area contributed by atoms with Crippen molar-refractivity contribution in [3.63, 3.8) is 0 Å². The molecule has 0 atom stereocenters. The first-order chi connectivity index (χ1) is 14.8. The van der Waals surface area contributed by atoms with Crippen LogP contribution in [-0.2, 0) is 6.42 Å². The van der Waals surface area contributed by atoms with Crippen LogP contribution in [0.5, 0.6) is 0 Å². The highest BCUT2D eigenvalue weighted by atomic mass is 19.1. The first-order valence-corrected chi connectivity index (χ1v) is 10.8. The average molecular weight is 414 g/mol. The number of piperazine rings is 1. The molecule has 0 radical (unpaired) electrons. The molecule has 2 aromatic rings. The topological polar surface area (TPSA) is 68.7 Å². The zero-order valence-corrected chi connectivity index (χ0v) is 17.7. The van der Waals surface area contributed by atoms with Crippen LogP contribution in [0.3, 0.4) is 0 Å². The smallest absolute Gasteiger partial charge is 0.225 e. The van der Waals surface area contributed by atoms with Crippen molar-refractivity contribution in [1.29, 1.82) is 0 Å². The van der Waals surface area contributed by atoms with Crippen molar-refractivity contribution in [1.82, 2.24) is 25.5 Å². The monoisotopic (exact) mass is 413 g/mol. The van der Waals surface area contributed by atoms with Crippen molar-refractivity contribution in [3.05, 3.63) is 54.1 Å². The summed E-state index contributed by atoms with van der Waals surface area (Å²) in [5, 5.41) is 6.55. The minimum Gasteiger partial charge on any atom is -0.357 e. The van der Waals surface area contributed by atoms with E-state index in [0.717, 1.165) is 69.7 Å². The molecule has 0 saturated carbocycles. The molecule has 1 aliphatic rings. The molecular formula is C22H32FN7. The minimum absolute atomic E-state index is 0.153. The third-order valence-electron chi connectivity index (χ3n) is 5.10. The molecule has 1 aromatic carbocycles. The van der Waals surface area contributed by atoms with Crippen LogP contribution in [0.15, 0.2) is 47.7 Å². The van der Waals surface area contributed by atoms with Gasteiger partial charge in [-0.15, -0.1) is 0 Å². The number of halogens is 1. The van der Waals surface area contributed by atoms with Crippen LogP contribution in [0.1, 0.15) is 18.9 Å². The van der Waals surface area contributed by atoms with Crippen LogP contribution >= 0.6 is 0 Å². The highest BCUT2D eigenvalue weighted by Crippen LogP contribution is 2.10. The molecule has 8 heteroatoms. The van der Waals surface area contributed by atoms with Crippen LogP contribution in [0.2, 0.25) is 0 Å². The number of rotatable bonds is 9. The number of guanidine groups is 1. The minimum atomic E-state index is -0.153. The van der Waals surface area contributed by atoms with E-state index in [1.807, 2.05) is 25.1 Å². The lowest BCUT2D eigenvalue weighted by Crippen LogP contribution is -2.47. The van der Waals surface area contributed by atoms with Crippen LogP contribution in [0.25, 0.3) is 0 Å². The zero-order valence-electron chi connectivity index (χ0n) is 17.7. The predicted octanol–water partition coefficient (Wildman–Crippen LogP) is 1.93. The summed E-state index contributed by atoms with van der Waals surface area (Å²) < 4.78 is 13.7. The van der Waals surface area contributed by atoms with Gasteiger partial charge in [0.05, 0.1) is 0 Å². The van der Waals surface area contributed by atoms with Gasteiger partial charge in [-0.25, -0.2) is 14.4 Å². The Kier molecular flexibility index (Phi) is 8.83. The summed E-state index contributed by atoms with van der Waals surface area (Å²) >= 11 is 0. The lowest BCUT2D eigenvalue weighted by molar-refractivity contribution is 0.255. The maximum absolute atomic E-state index is 13.7. The standard InChI is InChI=1S/C22H32FN7/c1-2-24-21(26-13-9-19-7-3-4-8-20(19)23)25-12-6-14-29-15-17-30(18-16-29)22-27-10-5-11-28-22/h3-5,7-8,10-11H,2,6,9,12-18H2,1H3,(H2,24,25,26). The van der Waals surface area contributed by atoms with E-state index in [4.69, 9.17) is 0 Å². The number of aliphatic imine (C=N–C) groups is 1. The molecule has 3 rings (SSSR count). The SMILES string of the molecule is CCNC(=NCCCN1CCN(c2ncccn2)CC1)NCCc1ccccc1F. The van der Waals surface area contributed by atoms with Crippen molar-refractivity contribution < 1.29 is 4.39 Å². The summed E-state index contributed by atoms with van der Waals surface area (Å²) in [6.45, 7) is 9.22. The maximum Gasteiger partial charge on any atom is 0.225 e. The van der Waals surface area contributed by atoms with Gasteiger partial charge in [-0.05, 0) is 37.5 Å². The Morgan fingerprint density at radius 2 is 1.83 bits per heavy atom. The van der Waals surface area contributed by atoms with Gasteiger partial charge in [-0.2, -0.15) is 0 Å². The molecule has 7 nitrogen and oxygen atoms in total. The summed E-state index contributed by atoms with van der Waals surface area (Å²) in [4.78, 5) is 18.0. The molecule has 162 valence electrons. The van der Waals surface area contributed by atoms with E-state index in [-0.39, 0.29) is 5.82 Å². The van der Waals surface area contributed by atoms with Gasteiger partial charge in [0, 0.05) is 64.8 Å². The Labute approximate surface area is 178 Å². The fourth-order valence-corrected chi connectivity index (χ4v) is 3.47. The van der Waals surface area contributed by atoms with Crippen molar-refractivity contribution in [2.45, 2.75) is 19.8 Å². The summed E-state index contributed by atoms with van der Waals surface area (Å²) in [5.74, 6) is 1.46. The van der Waals surface area contributed by atoms with E-state index < -0.39 is 0 Å². The number of anilines is 1. The Bertz CT molecular complexity index is 776. The van der Waals surface area contributed by atoms with Gasteiger partial charge in [0.25, 0.3) is 0 Å². The lowest BCUT2D eigenvalue weighted by atomic mass is 10.1. The molecule has 1 saturated heterocycles. The molecule has 2 heterocycles. The molecule has 1 aromatic heterocycles. The third kappa shape index (κ3) is 6.95. The third-order valence-corrected chi connectivity index (χ3v) is 5.10. The van der Waals surface area contributed by atoms with Gasteiger partial charge in [-0.3, -0.25) is 9.89 Å².